The summed E-state index contributed by atoms with van der Waals surface area (Å²) in [4.78, 5) is 14.0. The fraction of sp³-hybridized carbons (Fsp3) is 0.0645. The minimum Gasteiger partial charge on any atom is -0.290 e. The Morgan fingerprint density at radius 3 is 2.34 bits per heavy atom. The highest BCUT2D eigenvalue weighted by Crippen LogP contribution is 2.49. The molecule has 162 valence electrons. The van der Waals surface area contributed by atoms with E-state index in [2.05, 4.69) is 69.0 Å². The zero-order valence-electron chi connectivity index (χ0n) is 18.8. The average molecular weight is 447 g/mol. The van der Waals surface area contributed by atoms with Gasteiger partial charge >= 0.3 is 0 Å². The zero-order chi connectivity index (χ0) is 22.7. The Labute approximate surface area is 200 Å². The van der Waals surface area contributed by atoms with Gasteiger partial charge in [-0.3, -0.25) is 14.4 Å². The van der Waals surface area contributed by atoms with E-state index in [1.54, 1.807) is 0 Å². The maximum absolute atomic E-state index is 5.14. The molecule has 2 aliphatic rings. The van der Waals surface area contributed by atoms with Gasteiger partial charge in [0.1, 0.15) is 5.65 Å². The number of fused-ring (bicyclic) bond motifs is 16. The number of hydrogen-bond acceptors (Lipinski definition) is 3. The van der Waals surface area contributed by atoms with Gasteiger partial charge in [-0.05, 0) is 74.9 Å². The van der Waals surface area contributed by atoms with Gasteiger partial charge in [0.2, 0.25) is 0 Å². The highest BCUT2D eigenvalue weighted by molar-refractivity contribution is 6.16. The summed E-state index contributed by atoms with van der Waals surface area (Å²) >= 11 is 0. The third kappa shape index (κ3) is 2.11. The summed E-state index contributed by atoms with van der Waals surface area (Å²) in [6, 6.07) is 22.2. The molecule has 0 N–H and O–H groups in total. The first-order chi connectivity index (χ1) is 17.4. The lowest BCUT2D eigenvalue weighted by molar-refractivity contribution is 1.17. The van der Waals surface area contributed by atoms with Crippen molar-refractivity contribution in [2.24, 2.45) is 0 Å². The van der Waals surface area contributed by atoms with Gasteiger partial charge in [0.25, 0.3) is 0 Å². The molecular weight excluding hydrogens is 428 g/mol. The molecule has 9 rings (SSSR count). The SMILES string of the molecule is c1ccc2c(c1)Cc1c-2ccc2c1Cc1c-2ccc2c3cnccc3n3c4cnccc4nc3c12. The summed E-state index contributed by atoms with van der Waals surface area (Å²) in [7, 11) is 0. The van der Waals surface area contributed by atoms with Crippen LogP contribution in [0.2, 0.25) is 0 Å². The average Bonchev–Trinajstić information content (AvgIpc) is 3.59. The third-order valence-electron chi connectivity index (χ3n) is 8.07. The molecule has 4 heterocycles. The molecular formula is C31H18N4. The highest BCUT2D eigenvalue weighted by Gasteiger charge is 2.30. The Balaban J connectivity index is 1.41. The predicted octanol–water partition coefficient (Wildman–Crippen LogP) is 6.73. The topological polar surface area (TPSA) is 43.1 Å². The fourth-order valence-electron chi connectivity index (χ4n) is 6.59. The lowest BCUT2D eigenvalue weighted by Gasteiger charge is -2.12. The molecule has 3 aromatic carbocycles. The number of benzene rings is 3. The summed E-state index contributed by atoms with van der Waals surface area (Å²) in [5.74, 6) is 0. The van der Waals surface area contributed by atoms with Crippen LogP contribution in [0.4, 0.5) is 0 Å². The van der Waals surface area contributed by atoms with E-state index in [1.807, 2.05) is 30.9 Å². The largest absolute Gasteiger partial charge is 0.290 e. The second-order valence-electron chi connectivity index (χ2n) is 9.67. The normalized spacial score (nSPS) is 13.5. The van der Waals surface area contributed by atoms with Crippen molar-refractivity contribution in [1.82, 2.24) is 19.4 Å². The molecule has 2 aliphatic carbocycles. The number of pyridine rings is 3. The standard InChI is InChI=1S/C31H18N4/c1-2-4-18-17(3-1)13-23-19(18)5-6-20-21-7-8-22-26-15-32-12-10-28(26)35-29-16-33-11-9-27(29)34-31(35)30(22)25(21)14-24(20)23/h1-12,15-16H,13-14H2. The van der Waals surface area contributed by atoms with Crippen LogP contribution in [0, 0.1) is 0 Å². The van der Waals surface area contributed by atoms with Gasteiger partial charge in [0, 0.05) is 29.4 Å². The van der Waals surface area contributed by atoms with E-state index >= 15 is 0 Å². The van der Waals surface area contributed by atoms with Gasteiger partial charge in [0.05, 0.1) is 22.7 Å². The number of imidazole rings is 1. The van der Waals surface area contributed by atoms with Crippen LogP contribution in [0.15, 0.2) is 85.5 Å². The first-order valence-corrected chi connectivity index (χ1v) is 12.0. The van der Waals surface area contributed by atoms with Crippen molar-refractivity contribution < 1.29 is 0 Å². The van der Waals surface area contributed by atoms with Crippen LogP contribution in [0.5, 0.6) is 0 Å². The minimum absolute atomic E-state index is 0.933. The van der Waals surface area contributed by atoms with Crippen LogP contribution < -0.4 is 0 Å². The molecule has 0 spiro atoms. The minimum atomic E-state index is 0.933. The Bertz CT molecular complexity index is 2070. The van der Waals surface area contributed by atoms with Crippen molar-refractivity contribution in [3.05, 3.63) is 108 Å². The molecule has 0 saturated carbocycles. The smallest absolute Gasteiger partial charge is 0.146 e. The molecule has 0 fully saturated rings. The molecule has 0 amide bonds. The zero-order valence-corrected chi connectivity index (χ0v) is 18.8. The Hall–Kier alpha value is -4.57. The quantitative estimate of drug-likeness (QED) is 0.243. The molecule has 0 unspecified atom stereocenters. The summed E-state index contributed by atoms with van der Waals surface area (Å²) in [6.45, 7) is 0. The molecule has 4 heteroatoms. The van der Waals surface area contributed by atoms with Gasteiger partial charge in [-0.2, -0.15) is 0 Å². The van der Waals surface area contributed by atoms with Crippen LogP contribution >= 0.6 is 0 Å². The van der Waals surface area contributed by atoms with Crippen molar-refractivity contribution in [3.63, 3.8) is 0 Å². The molecule has 4 nitrogen and oxygen atoms in total. The monoisotopic (exact) mass is 446 g/mol. The van der Waals surface area contributed by atoms with E-state index in [0.29, 0.717) is 0 Å². The molecule has 0 saturated heterocycles. The number of aromatic nitrogens is 4. The van der Waals surface area contributed by atoms with Crippen LogP contribution in [0.1, 0.15) is 22.3 Å². The Morgan fingerprint density at radius 1 is 0.600 bits per heavy atom. The Morgan fingerprint density at radius 2 is 1.37 bits per heavy atom. The predicted molar refractivity (Wildman–Crippen MR) is 140 cm³/mol. The second-order valence-corrected chi connectivity index (χ2v) is 9.67. The van der Waals surface area contributed by atoms with Crippen LogP contribution in [-0.2, 0) is 12.8 Å². The molecule has 0 aliphatic heterocycles. The van der Waals surface area contributed by atoms with Gasteiger partial charge in [-0.1, -0.05) is 48.5 Å². The van der Waals surface area contributed by atoms with E-state index in [4.69, 9.17) is 4.98 Å². The van der Waals surface area contributed by atoms with Crippen molar-refractivity contribution in [2.45, 2.75) is 12.8 Å². The first-order valence-electron chi connectivity index (χ1n) is 12.0. The van der Waals surface area contributed by atoms with Crippen molar-refractivity contribution in [1.29, 1.82) is 0 Å². The van der Waals surface area contributed by atoms with Gasteiger partial charge in [-0.25, -0.2) is 4.98 Å². The van der Waals surface area contributed by atoms with Gasteiger partial charge in [0.15, 0.2) is 0 Å². The van der Waals surface area contributed by atoms with Crippen LogP contribution in [0.3, 0.4) is 0 Å². The molecule has 0 bridgehead atoms. The number of rotatable bonds is 0. The Kier molecular flexibility index (Phi) is 3.11. The third-order valence-corrected chi connectivity index (χ3v) is 8.07. The van der Waals surface area contributed by atoms with Crippen molar-refractivity contribution in [2.75, 3.05) is 0 Å². The number of nitrogens with zero attached hydrogens (tertiary/aromatic N) is 4. The molecule has 4 aromatic heterocycles. The molecule has 0 radical (unpaired) electrons. The lowest BCUT2D eigenvalue weighted by atomic mass is 9.96. The summed E-state index contributed by atoms with van der Waals surface area (Å²) < 4.78 is 2.27. The highest BCUT2D eigenvalue weighted by atomic mass is 15.0. The molecule has 7 aromatic rings. The van der Waals surface area contributed by atoms with E-state index in [-0.39, 0.29) is 0 Å². The van der Waals surface area contributed by atoms with Crippen LogP contribution in [0.25, 0.3) is 60.6 Å². The molecule has 0 atom stereocenters. The number of hydrogen-bond donors (Lipinski definition) is 0. The molecule has 35 heavy (non-hydrogen) atoms. The lowest BCUT2D eigenvalue weighted by Crippen LogP contribution is -1.96. The summed E-state index contributed by atoms with van der Waals surface area (Å²) in [6.07, 6.45) is 9.54. The van der Waals surface area contributed by atoms with Crippen molar-refractivity contribution >= 4 is 38.4 Å². The first kappa shape index (κ1) is 17.8. The van der Waals surface area contributed by atoms with E-state index in [1.165, 1.54) is 55.3 Å². The summed E-state index contributed by atoms with van der Waals surface area (Å²) in [5, 5.41) is 3.60. The van der Waals surface area contributed by atoms with E-state index in [0.717, 1.165) is 40.4 Å². The van der Waals surface area contributed by atoms with Gasteiger partial charge in [-0.15, -0.1) is 0 Å². The summed E-state index contributed by atoms with van der Waals surface area (Å²) in [5.41, 5.74) is 15.4. The van der Waals surface area contributed by atoms with Crippen molar-refractivity contribution in [3.8, 4) is 22.3 Å². The maximum Gasteiger partial charge on any atom is 0.146 e. The second kappa shape index (κ2) is 6.10. The fourth-order valence-corrected chi connectivity index (χ4v) is 6.59. The van der Waals surface area contributed by atoms with Crippen LogP contribution in [-0.4, -0.2) is 19.4 Å². The maximum atomic E-state index is 5.14. The van der Waals surface area contributed by atoms with E-state index in [9.17, 15) is 0 Å². The van der Waals surface area contributed by atoms with E-state index < -0.39 is 0 Å². The van der Waals surface area contributed by atoms with Gasteiger partial charge < -0.3 is 0 Å².